The molecule has 0 bridgehead atoms. The van der Waals surface area contributed by atoms with Gasteiger partial charge in [-0.3, -0.25) is 9.59 Å². The van der Waals surface area contributed by atoms with Crippen molar-refractivity contribution in [2.45, 2.75) is 25.3 Å². The second kappa shape index (κ2) is 8.09. The van der Waals surface area contributed by atoms with Gasteiger partial charge in [0.05, 0.1) is 5.02 Å². The number of benzene rings is 1. The first-order valence-corrected chi connectivity index (χ1v) is 9.33. The first-order chi connectivity index (χ1) is 12.5. The number of aromatic amines is 1. The van der Waals surface area contributed by atoms with Crippen LogP contribution in [0.2, 0.25) is 5.02 Å². The van der Waals surface area contributed by atoms with Crippen molar-refractivity contribution < 1.29 is 19.1 Å². The first kappa shape index (κ1) is 18.7. The van der Waals surface area contributed by atoms with E-state index >= 15 is 0 Å². The summed E-state index contributed by atoms with van der Waals surface area (Å²) in [5.74, 6) is -1.48. The van der Waals surface area contributed by atoms with E-state index in [9.17, 15) is 14.4 Å². The summed E-state index contributed by atoms with van der Waals surface area (Å²) < 4.78 is 5.85. The molecule has 0 unspecified atom stereocenters. The topological polar surface area (TPSA) is 100 Å². The highest BCUT2D eigenvalue weighted by molar-refractivity contribution is 9.10. The molecule has 2 aromatic rings. The molecule has 1 aromatic carbocycles. The molecule has 9 heteroatoms. The highest BCUT2D eigenvalue weighted by Crippen LogP contribution is 2.30. The molecule has 1 aliphatic heterocycles. The maximum atomic E-state index is 12.2. The summed E-state index contributed by atoms with van der Waals surface area (Å²) in [6.07, 6.45) is 2.28. The summed E-state index contributed by atoms with van der Waals surface area (Å²) in [6, 6.07) is 4.77. The zero-order chi connectivity index (χ0) is 18.7. The Morgan fingerprint density at radius 3 is 2.96 bits per heavy atom. The maximum Gasteiger partial charge on any atom is 0.356 e. The van der Waals surface area contributed by atoms with E-state index in [1.54, 1.807) is 12.1 Å². The van der Waals surface area contributed by atoms with E-state index in [1.165, 1.54) is 0 Å². The fourth-order valence-electron chi connectivity index (χ4n) is 2.79. The Hall–Kier alpha value is -2.06. The summed E-state index contributed by atoms with van der Waals surface area (Å²) >= 11 is 9.57. The minimum absolute atomic E-state index is 0.0831. The molecular formula is C17H17BrClN3O4. The molecule has 3 rings (SSSR count). The van der Waals surface area contributed by atoms with E-state index in [-0.39, 0.29) is 16.6 Å². The van der Waals surface area contributed by atoms with Gasteiger partial charge in [0.25, 0.3) is 5.91 Å². The van der Waals surface area contributed by atoms with E-state index in [2.05, 4.69) is 31.5 Å². The molecule has 2 amide bonds. The Morgan fingerprint density at radius 1 is 1.35 bits per heavy atom. The molecule has 0 aliphatic carbocycles. The van der Waals surface area contributed by atoms with Crippen molar-refractivity contribution in [3.05, 3.63) is 33.4 Å². The number of esters is 1. The van der Waals surface area contributed by atoms with Crippen molar-refractivity contribution >= 4 is 56.2 Å². The average Bonchev–Trinajstić information content (AvgIpc) is 2.80. The van der Waals surface area contributed by atoms with Crippen molar-refractivity contribution in [2.24, 2.45) is 0 Å². The lowest BCUT2D eigenvalue weighted by molar-refractivity contribution is -0.130. The molecule has 1 aromatic heterocycles. The SMILES string of the molecule is O=C(COC(=O)c1[nH]c2ccc(Br)cc2c1Cl)N[C@@H]1CCCCNC1=O. The number of nitrogens with one attached hydrogen (secondary N) is 3. The van der Waals surface area contributed by atoms with Gasteiger partial charge in [-0.2, -0.15) is 0 Å². The first-order valence-electron chi connectivity index (χ1n) is 8.16. The number of amides is 2. The van der Waals surface area contributed by atoms with Crippen molar-refractivity contribution in [3.63, 3.8) is 0 Å². The zero-order valence-corrected chi connectivity index (χ0v) is 16.1. The van der Waals surface area contributed by atoms with Gasteiger partial charge in [-0.25, -0.2) is 4.79 Å². The number of rotatable bonds is 4. The van der Waals surface area contributed by atoms with Crippen LogP contribution in [0.5, 0.6) is 0 Å². The van der Waals surface area contributed by atoms with Gasteiger partial charge >= 0.3 is 5.97 Å². The number of ether oxygens (including phenoxy) is 1. The second-order valence-electron chi connectivity index (χ2n) is 5.99. The predicted octanol–water partition coefficient (Wildman–Crippen LogP) is 2.53. The van der Waals surface area contributed by atoms with Gasteiger partial charge in [0.15, 0.2) is 6.61 Å². The number of aromatic nitrogens is 1. The van der Waals surface area contributed by atoms with Gasteiger partial charge in [0, 0.05) is 21.9 Å². The Kier molecular flexibility index (Phi) is 5.83. The molecule has 1 fully saturated rings. The summed E-state index contributed by atoms with van der Waals surface area (Å²) in [5.41, 5.74) is 0.768. The third kappa shape index (κ3) is 4.19. The molecule has 2 heterocycles. The predicted molar refractivity (Wildman–Crippen MR) is 100 cm³/mol. The van der Waals surface area contributed by atoms with Gasteiger partial charge in [-0.05, 0) is 37.5 Å². The van der Waals surface area contributed by atoms with E-state index in [0.717, 1.165) is 17.3 Å². The zero-order valence-electron chi connectivity index (χ0n) is 13.7. The summed E-state index contributed by atoms with van der Waals surface area (Å²) in [5, 5.41) is 6.22. The molecular weight excluding hydrogens is 426 g/mol. The second-order valence-corrected chi connectivity index (χ2v) is 7.28. The van der Waals surface area contributed by atoms with E-state index in [4.69, 9.17) is 16.3 Å². The van der Waals surface area contributed by atoms with Crippen LogP contribution in [0.15, 0.2) is 22.7 Å². The number of hydrogen-bond donors (Lipinski definition) is 3. The van der Waals surface area contributed by atoms with E-state index < -0.39 is 24.5 Å². The number of H-pyrrole nitrogens is 1. The Bertz CT molecular complexity index is 867. The lowest BCUT2D eigenvalue weighted by Crippen LogP contribution is -2.46. The largest absolute Gasteiger partial charge is 0.451 e. The summed E-state index contributed by atoms with van der Waals surface area (Å²) in [7, 11) is 0. The summed E-state index contributed by atoms with van der Waals surface area (Å²) in [4.78, 5) is 38.9. The van der Waals surface area contributed by atoms with Crippen LogP contribution < -0.4 is 10.6 Å². The van der Waals surface area contributed by atoms with Gasteiger partial charge in [0.1, 0.15) is 11.7 Å². The number of hydrogen-bond acceptors (Lipinski definition) is 4. The van der Waals surface area contributed by atoms with Crippen LogP contribution in [-0.2, 0) is 14.3 Å². The molecule has 7 nitrogen and oxygen atoms in total. The Morgan fingerprint density at radius 2 is 2.15 bits per heavy atom. The van der Waals surface area contributed by atoms with Crippen molar-refractivity contribution in [2.75, 3.05) is 13.2 Å². The van der Waals surface area contributed by atoms with Crippen LogP contribution in [-0.4, -0.2) is 42.0 Å². The highest BCUT2D eigenvalue weighted by atomic mass is 79.9. The van der Waals surface area contributed by atoms with Crippen molar-refractivity contribution in [1.82, 2.24) is 15.6 Å². The number of carbonyl (C=O) groups excluding carboxylic acids is 3. The van der Waals surface area contributed by atoms with Crippen LogP contribution in [0.4, 0.5) is 0 Å². The van der Waals surface area contributed by atoms with Crippen LogP contribution >= 0.6 is 27.5 Å². The van der Waals surface area contributed by atoms with Crippen molar-refractivity contribution in [3.8, 4) is 0 Å². The Balaban J connectivity index is 1.61. The third-order valence-electron chi connectivity index (χ3n) is 4.11. The van der Waals surface area contributed by atoms with Gasteiger partial charge in [0.2, 0.25) is 5.91 Å². The number of halogens is 2. The lowest BCUT2D eigenvalue weighted by Gasteiger charge is -2.15. The van der Waals surface area contributed by atoms with Crippen LogP contribution in [0, 0.1) is 0 Å². The molecule has 0 spiro atoms. The molecule has 1 saturated heterocycles. The van der Waals surface area contributed by atoms with Crippen molar-refractivity contribution in [1.29, 1.82) is 0 Å². The van der Waals surface area contributed by atoms with Gasteiger partial charge in [-0.15, -0.1) is 0 Å². The van der Waals surface area contributed by atoms with Gasteiger partial charge in [-0.1, -0.05) is 27.5 Å². The molecule has 3 N–H and O–H groups in total. The van der Waals surface area contributed by atoms with E-state index in [1.807, 2.05) is 6.07 Å². The average molecular weight is 443 g/mol. The van der Waals surface area contributed by atoms with Crippen LogP contribution in [0.1, 0.15) is 29.8 Å². The minimum atomic E-state index is -0.734. The molecule has 0 saturated carbocycles. The van der Waals surface area contributed by atoms with E-state index in [0.29, 0.717) is 23.9 Å². The fraction of sp³-hybridized carbons (Fsp3) is 0.353. The molecule has 138 valence electrons. The maximum absolute atomic E-state index is 12.2. The van der Waals surface area contributed by atoms with Gasteiger partial charge < -0.3 is 20.4 Å². The quantitative estimate of drug-likeness (QED) is 0.634. The third-order valence-corrected chi connectivity index (χ3v) is 4.99. The standard InChI is InChI=1S/C17H17BrClN3O4/c18-9-4-5-11-10(7-9)14(19)15(22-11)17(25)26-8-13(23)21-12-3-1-2-6-20-16(12)24/h4-5,7,12,22H,1-3,6,8H2,(H,20,24)(H,21,23)/t12-/m1/s1. The minimum Gasteiger partial charge on any atom is -0.451 e. The number of carbonyl (C=O) groups is 3. The molecule has 26 heavy (non-hydrogen) atoms. The lowest BCUT2D eigenvalue weighted by atomic mass is 10.1. The smallest absolute Gasteiger partial charge is 0.356 e. The molecule has 1 aliphatic rings. The normalized spacial score (nSPS) is 17.5. The fourth-order valence-corrected chi connectivity index (χ4v) is 3.43. The monoisotopic (exact) mass is 441 g/mol. The Labute approximate surface area is 162 Å². The van der Waals surface area contributed by atoms with Crippen LogP contribution in [0.25, 0.3) is 10.9 Å². The number of fused-ring (bicyclic) bond motifs is 1. The van der Waals surface area contributed by atoms with Crippen LogP contribution in [0.3, 0.4) is 0 Å². The highest BCUT2D eigenvalue weighted by Gasteiger charge is 2.24. The molecule has 1 atom stereocenters. The summed E-state index contributed by atoms with van der Waals surface area (Å²) in [6.45, 7) is 0.118. The molecule has 0 radical (unpaired) electrons.